The number of nitrogens with zero attached hydrogens (tertiary/aromatic N) is 3. The van der Waals surface area contributed by atoms with Crippen LogP contribution in [0.25, 0.3) is 16.5 Å². The van der Waals surface area contributed by atoms with Crippen molar-refractivity contribution in [2.75, 3.05) is 24.8 Å². The lowest BCUT2D eigenvalue weighted by molar-refractivity contribution is -0.129. The lowest BCUT2D eigenvalue weighted by atomic mass is 10.0. The zero-order valence-electron chi connectivity index (χ0n) is 15.5. The monoisotopic (exact) mass is 406 g/mol. The van der Waals surface area contributed by atoms with Crippen molar-refractivity contribution in [3.05, 3.63) is 60.0 Å². The second kappa shape index (κ2) is 8.37. The number of thioether (sulfide) groups is 1. The van der Waals surface area contributed by atoms with E-state index < -0.39 is 6.04 Å². The van der Waals surface area contributed by atoms with Gasteiger partial charge in [0, 0.05) is 16.7 Å². The molecule has 146 valence electrons. The topological polar surface area (TPSA) is 95.3 Å². The number of rotatable bonds is 4. The maximum absolute atomic E-state index is 12.9. The van der Waals surface area contributed by atoms with Crippen molar-refractivity contribution in [1.82, 2.24) is 15.2 Å². The molecule has 2 amide bonds. The van der Waals surface area contributed by atoms with Gasteiger partial charge in [-0.25, -0.2) is 4.98 Å². The summed E-state index contributed by atoms with van der Waals surface area (Å²) in [5.41, 5.74) is 2.69. The largest absolute Gasteiger partial charge is 0.497 e. The molecular formula is C21H18N4O3S. The van der Waals surface area contributed by atoms with Gasteiger partial charge in [-0.15, -0.1) is 11.8 Å². The molecular weight excluding hydrogens is 388 g/mol. The molecule has 0 saturated carbocycles. The van der Waals surface area contributed by atoms with Gasteiger partial charge in [-0.05, 0) is 24.3 Å². The van der Waals surface area contributed by atoms with Gasteiger partial charge in [0.05, 0.1) is 41.5 Å². The van der Waals surface area contributed by atoms with Crippen LogP contribution in [0.4, 0.5) is 0 Å². The smallest absolute Gasteiger partial charge is 0.252 e. The lowest BCUT2D eigenvalue weighted by Gasteiger charge is -2.19. The molecule has 3 heterocycles. The Kier molecular flexibility index (Phi) is 5.49. The van der Waals surface area contributed by atoms with Crippen molar-refractivity contribution in [2.45, 2.75) is 6.04 Å². The van der Waals surface area contributed by atoms with Gasteiger partial charge in [-0.2, -0.15) is 5.26 Å². The summed E-state index contributed by atoms with van der Waals surface area (Å²) in [6.45, 7) is 0.296. The first-order valence-electron chi connectivity index (χ1n) is 9.11. The third-order valence-corrected chi connectivity index (χ3v) is 5.76. The number of pyridine rings is 1. The predicted molar refractivity (Wildman–Crippen MR) is 111 cm³/mol. The Morgan fingerprint density at radius 3 is 3.03 bits per heavy atom. The summed E-state index contributed by atoms with van der Waals surface area (Å²) in [4.78, 5) is 31.5. The molecule has 29 heavy (non-hydrogen) atoms. The highest BCUT2D eigenvalue weighted by molar-refractivity contribution is 7.99. The number of carbonyl (C=O) groups is 2. The molecule has 0 radical (unpaired) electrons. The number of hydrogen-bond donors (Lipinski definition) is 1. The number of carbonyl (C=O) groups excluding carboxylic acids is 2. The first kappa shape index (κ1) is 19.0. The summed E-state index contributed by atoms with van der Waals surface area (Å²) in [6, 6.07) is 10.8. The highest BCUT2D eigenvalue weighted by Gasteiger charge is 2.29. The average Bonchev–Trinajstić information content (AvgIpc) is 3.26. The van der Waals surface area contributed by atoms with Gasteiger partial charge in [0.15, 0.2) is 0 Å². The van der Waals surface area contributed by atoms with E-state index in [0.29, 0.717) is 40.4 Å². The molecule has 2 aliphatic rings. The van der Waals surface area contributed by atoms with Gasteiger partial charge in [-0.3, -0.25) is 9.59 Å². The Bertz CT molecular complexity index is 1070. The van der Waals surface area contributed by atoms with Crippen LogP contribution in [-0.2, 0) is 9.53 Å². The Balaban J connectivity index is 1.58. The number of para-hydroxylation sites is 1. The summed E-state index contributed by atoms with van der Waals surface area (Å²) in [5.74, 6) is 0.456. The SMILES string of the molecule is N#CC1CSCN1C(=O)CNC(=O)c1cc(C2=CCOC=C2)nc2ccccc12. The van der Waals surface area contributed by atoms with Gasteiger partial charge in [0.2, 0.25) is 5.91 Å². The first-order valence-corrected chi connectivity index (χ1v) is 10.3. The van der Waals surface area contributed by atoms with Crippen LogP contribution in [0.3, 0.4) is 0 Å². The molecule has 0 aliphatic carbocycles. The summed E-state index contributed by atoms with van der Waals surface area (Å²) < 4.78 is 5.19. The summed E-state index contributed by atoms with van der Waals surface area (Å²) in [7, 11) is 0. The van der Waals surface area contributed by atoms with E-state index >= 15 is 0 Å². The van der Waals surface area contributed by atoms with Crippen LogP contribution in [-0.4, -0.2) is 52.5 Å². The number of hydrogen-bond acceptors (Lipinski definition) is 6. The molecule has 2 aliphatic heterocycles. The summed E-state index contributed by atoms with van der Waals surface area (Å²) >= 11 is 1.53. The van der Waals surface area contributed by atoms with E-state index in [2.05, 4.69) is 16.4 Å². The molecule has 1 N–H and O–H groups in total. The number of nitrogens with one attached hydrogen (secondary N) is 1. The normalized spacial score (nSPS) is 18.1. The van der Waals surface area contributed by atoms with E-state index in [1.54, 1.807) is 18.4 Å². The van der Waals surface area contributed by atoms with Gasteiger partial charge in [0.1, 0.15) is 12.6 Å². The standard InChI is InChI=1S/C21H18N4O3S/c22-10-15-12-29-13-25(15)20(26)11-23-21(27)17-9-19(14-5-7-28-8-6-14)24-18-4-2-1-3-16(17)18/h1-7,9,15H,8,11-13H2,(H,23,27). The van der Waals surface area contributed by atoms with Crippen LogP contribution >= 0.6 is 11.8 Å². The van der Waals surface area contributed by atoms with Gasteiger partial charge < -0.3 is 15.0 Å². The Labute approximate surface area is 172 Å². The number of aromatic nitrogens is 1. The molecule has 2 aromatic rings. The van der Waals surface area contributed by atoms with Crippen LogP contribution in [0, 0.1) is 11.3 Å². The van der Waals surface area contributed by atoms with E-state index in [9.17, 15) is 9.59 Å². The fourth-order valence-electron chi connectivity index (χ4n) is 3.23. The number of fused-ring (bicyclic) bond motifs is 1. The first-order chi connectivity index (χ1) is 14.2. The quantitative estimate of drug-likeness (QED) is 0.837. The van der Waals surface area contributed by atoms with Crippen LogP contribution in [0.2, 0.25) is 0 Å². The maximum atomic E-state index is 12.9. The van der Waals surface area contributed by atoms with Crippen LogP contribution in [0.5, 0.6) is 0 Å². The van der Waals surface area contributed by atoms with Gasteiger partial charge in [-0.1, -0.05) is 18.2 Å². The summed E-state index contributed by atoms with van der Waals surface area (Å²) in [5, 5.41) is 12.6. The molecule has 1 unspecified atom stereocenters. The molecule has 0 bridgehead atoms. The fraction of sp³-hybridized carbons (Fsp3) is 0.238. The van der Waals surface area contributed by atoms with E-state index in [0.717, 1.165) is 5.57 Å². The third kappa shape index (κ3) is 3.96. The number of allylic oxidation sites excluding steroid dienone is 2. The number of nitriles is 1. The molecule has 8 heteroatoms. The predicted octanol–water partition coefficient (Wildman–Crippen LogP) is 2.32. The van der Waals surface area contributed by atoms with Gasteiger partial charge in [0.25, 0.3) is 5.91 Å². The lowest BCUT2D eigenvalue weighted by Crippen LogP contribution is -2.42. The van der Waals surface area contributed by atoms with Crippen molar-refractivity contribution >= 4 is 40.1 Å². The highest BCUT2D eigenvalue weighted by atomic mass is 32.2. The van der Waals surface area contributed by atoms with E-state index in [1.165, 1.54) is 16.7 Å². The molecule has 1 aromatic carbocycles. The van der Waals surface area contributed by atoms with Crippen LogP contribution in [0.1, 0.15) is 16.1 Å². The minimum atomic E-state index is -0.440. The minimum Gasteiger partial charge on any atom is -0.497 e. The van der Waals surface area contributed by atoms with Crippen molar-refractivity contribution in [3.8, 4) is 6.07 Å². The van der Waals surface area contributed by atoms with Crippen molar-refractivity contribution < 1.29 is 14.3 Å². The zero-order valence-corrected chi connectivity index (χ0v) is 16.3. The van der Waals surface area contributed by atoms with Crippen LogP contribution in [0.15, 0.2) is 48.7 Å². The molecule has 4 rings (SSSR count). The highest BCUT2D eigenvalue weighted by Crippen LogP contribution is 2.24. The fourth-order valence-corrected chi connectivity index (χ4v) is 4.34. The minimum absolute atomic E-state index is 0.153. The molecule has 1 fully saturated rings. The molecule has 0 spiro atoms. The summed E-state index contributed by atoms with van der Waals surface area (Å²) in [6.07, 6.45) is 5.30. The number of benzene rings is 1. The van der Waals surface area contributed by atoms with E-state index in [4.69, 9.17) is 10.00 Å². The molecule has 1 saturated heterocycles. The zero-order chi connectivity index (χ0) is 20.2. The number of amides is 2. The Morgan fingerprint density at radius 1 is 1.38 bits per heavy atom. The molecule has 1 atom stereocenters. The van der Waals surface area contributed by atoms with Crippen LogP contribution < -0.4 is 5.32 Å². The van der Waals surface area contributed by atoms with Gasteiger partial charge >= 0.3 is 0 Å². The average molecular weight is 406 g/mol. The third-order valence-electron chi connectivity index (χ3n) is 4.75. The maximum Gasteiger partial charge on any atom is 0.252 e. The van der Waals surface area contributed by atoms with Crippen molar-refractivity contribution in [3.63, 3.8) is 0 Å². The second-order valence-electron chi connectivity index (χ2n) is 6.56. The van der Waals surface area contributed by atoms with E-state index in [1.807, 2.05) is 30.3 Å². The molecule has 1 aromatic heterocycles. The van der Waals surface area contributed by atoms with Crippen molar-refractivity contribution in [1.29, 1.82) is 5.26 Å². The second-order valence-corrected chi connectivity index (χ2v) is 7.56. The van der Waals surface area contributed by atoms with E-state index in [-0.39, 0.29) is 18.4 Å². The number of ether oxygens (including phenoxy) is 1. The molecule has 7 nitrogen and oxygen atoms in total. The Morgan fingerprint density at radius 2 is 2.24 bits per heavy atom. The van der Waals surface area contributed by atoms with Crippen molar-refractivity contribution in [2.24, 2.45) is 0 Å². The Hall–Kier alpha value is -3.31.